The summed E-state index contributed by atoms with van der Waals surface area (Å²) in [4.78, 5) is 9.01. The molecule has 3 aromatic heterocycles. The van der Waals surface area contributed by atoms with Crippen LogP contribution >= 0.6 is 0 Å². The first-order valence-electron chi connectivity index (χ1n) is 8.79. The molecule has 0 spiro atoms. The highest BCUT2D eigenvalue weighted by molar-refractivity contribution is 5.54. The summed E-state index contributed by atoms with van der Waals surface area (Å²) in [7, 11) is 0. The molecular formula is C19H22N4O3. The van der Waals surface area contributed by atoms with Crippen molar-refractivity contribution in [1.29, 1.82) is 0 Å². The van der Waals surface area contributed by atoms with Crippen molar-refractivity contribution in [3.8, 4) is 17.3 Å². The average Bonchev–Trinajstić information content (AvgIpc) is 3.14. The van der Waals surface area contributed by atoms with E-state index in [4.69, 9.17) is 13.8 Å². The third-order valence-corrected chi connectivity index (χ3v) is 4.26. The molecule has 1 fully saturated rings. The number of aryl methyl sites for hydroxylation is 1. The monoisotopic (exact) mass is 354 g/mol. The fourth-order valence-electron chi connectivity index (χ4n) is 2.67. The molecule has 3 heterocycles. The second-order valence-electron chi connectivity index (χ2n) is 7.77. The maximum absolute atomic E-state index is 6.03. The molecule has 7 nitrogen and oxygen atoms in total. The number of aromatic nitrogens is 4. The predicted octanol–water partition coefficient (Wildman–Crippen LogP) is 4.18. The van der Waals surface area contributed by atoms with Crippen molar-refractivity contribution in [3.63, 3.8) is 0 Å². The van der Waals surface area contributed by atoms with E-state index in [2.05, 4.69) is 20.3 Å². The third kappa shape index (κ3) is 3.47. The van der Waals surface area contributed by atoms with E-state index in [-0.39, 0.29) is 5.41 Å². The lowest BCUT2D eigenvalue weighted by atomic mass is 9.97. The van der Waals surface area contributed by atoms with Gasteiger partial charge in [0.05, 0.1) is 0 Å². The molecule has 0 N–H and O–H groups in total. The van der Waals surface area contributed by atoms with Gasteiger partial charge in [-0.25, -0.2) is 0 Å². The molecule has 7 heteroatoms. The molecule has 0 unspecified atom stereocenters. The van der Waals surface area contributed by atoms with Crippen LogP contribution in [0.2, 0.25) is 0 Å². The molecule has 1 aliphatic carbocycles. The lowest BCUT2D eigenvalue weighted by molar-refractivity contribution is 0.285. The first-order valence-corrected chi connectivity index (χ1v) is 8.79. The largest absolute Gasteiger partial charge is 0.487 e. The van der Waals surface area contributed by atoms with Gasteiger partial charge in [-0.2, -0.15) is 4.98 Å². The van der Waals surface area contributed by atoms with Crippen LogP contribution in [0.4, 0.5) is 0 Å². The van der Waals surface area contributed by atoms with Crippen LogP contribution in [0.1, 0.15) is 62.4 Å². The molecule has 0 amide bonds. The molecule has 0 bridgehead atoms. The molecule has 0 saturated heterocycles. The quantitative estimate of drug-likeness (QED) is 0.679. The van der Waals surface area contributed by atoms with Gasteiger partial charge < -0.3 is 13.8 Å². The summed E-state index contributed by atoms with van der Waals surface area (Å²) in [5.74, 6) is 3.13. The van der Waals surface area contributed by atoms with E-state index in [0.29, 0.717) is 29.9 Å². The Bertz CT molecular complexity index is 919. The second kappa shape index (κ2) is 6.23. The normalized spacial score (nSPS) is 14.6. The Morgan fingerprint density at radius 1 is 1.15 bits per heavy atom. The Kier molecular flexibility index (Phi) is 4.01. The molecule has 1 aliphatic rings. The van der Waals surface area contributed by atoms with E-state index in [9.17, 15) is 0 Å². The summed E-state index contributed by atoms with van der Waals surface area (Å²) in [6.07, 6.45) is 4.19. The zero-order valence-electron chi connectivity index (χ0n) is 15.4. The van der Waals surface area contributed by atoms with Gasteiger partial charge in [0.25, 0.3) is 0 Å². The van der Waals surface area contributed by atoms with Crippen molar-refractivity contribution >= 4 is 0 Å². The summed E-state index contributed by atoms with van der Waals surface area (Å²) < 4.78 is 16.5. The van der Waals surface area contributed by atoms with Crippen LogP contribution in [0, 0.1) is 6.92 Å². The molecule has 0 aromatic carbocycles. The van der Waals surface area contributed by atoms with E-state index in [0.717, 1.165) is 35.6 Å². The van der Waals surface area contributed by atoms with Gasteiger partial charge in [0.1, 0.15) is 29.5 Å². The van der Waals surface area contributed by atoms with Gasteiger partial charge in [-0.15, -0.1) is 0 Å². The van der Waals surface area contributed by atoms with Crippen molar-refractivity contribution in [2.24, 2.45) is 0 Å². The van der Waals surface area contributed by atoms with Gasteiger partial charge in [-0.05, 0) is 25.7 Å². The molecule has 4 rings (SSSR count). The lowest BCUT2D eigenvalue weighted by Crippen LogP contribution is -2.11. The molecule has 0 atom stereocenters. The fraction of sp³-hybridized carbons (Fsp3) is 0.474. The smallest absolute Gasteiger partial charge is 0.232 e. The van der Waals surface area contributed by atoms with E-state index in [1.54, 1.807) is 0 Å². The van der Waals surface area contributed by atoms with Gasteiger partial charge >= 0.3 is 0 Å². The summed E-state index contributed by atoms with van der Waals surface area (Å²) >= 11 is 0. The van der Waals surface area contributed by atoms with E-state index < -0.39 is 0 Å². The van der Waals surface area contributed by atoms with Gasteiger partial charge in [0.15, 0.2) is 0 Å². The minimum atomic E-state index is -0.205. The van der Waals surface area contributed by atoms with Crippen LogP contribution in [-0.2, 0) is 12.0 Å². The Labute approximate surface area is 151 Å². The predicted molar refractivity (Wildman–Crippen MR) is 93.8 cm³/mol. The van der Waals surface area contributed by atoms with Crippen LogP contribution in [0.15, 0.2) is 27.4 Å². The standard InChI is InChI=1S/C19H22N4O3/c1-11-7-13(22-25-11)10-24-16-8-15(20-9-14(16)12-5-6-12)17-21-18(26-23-17)19(2,3)4/h7-9,12H,5-6,10H2,1-4H3. The van der Waals surface area contributed by atoms with E-state index >= 15 is 0 Å². The zero-order valence-corrected chi connectivity index (χ0v) is 15.4. The van der Waals surface area contributed by atoms with Crippen molar-refractivity contribution in [2.75, 3.05) is 0 Å². The SMILES string of the molecule is Cc1cc(COc2cc(-c3noc(C(C)(C)C)n3)ncc2C2CC2)no1. The second-order valence-corrected chi connectivity index (χ2v) is 7.77. The van der Waals surface area contributed by atoms with Crippen molar-refractivity contribution < 1.29 is 13.8 Å². The molecule has 3 aromatic rings. The summed E-state index contributed by atoms with van der Waals surface area (Å²) in [6.45, 7) is 8.30. The van der Waals surface area contributed by atoms with Gasteiger partial charge in [-0.3, -0.25) is 4.98 Å². The molecule has 0 radical (unpaired) electrons. The molecule has 0 aliphatic heterocycles. The number of rotatable bonds is 5. The number of ether oxygens (including phenoxy) is 1. The number of hydrogen-bond acceptors (Lipinski definition) is 7. The number of pyridine rings is 1. The van der Waals surface area contributed by atoms with Gasteiger partial charge in [0, 0.05) is 29.3 Å². The van der Waals surface area contributed by atoms with Crippen LogP contribution in [-0.4, -0.2) is 20.3 Å². The van der Waals surface area contributed by atoms with Crippen molar-refractivity contribution in [3.05, 3.63) is 41.2 Å². The Morgan fingerprint density at radius 2 is 1.96 bits per heavy atom. The van der Waals surface area contributed by atoms with E-state index in [1.807, 2.05) is 46.0 Å². The fourth-order valence-corrected chi connectivity index (χ4v) is 2.67. The summed E-state index contributed by atoms with van der Waals surface area (Å²) in [5.41, 5.74) is 2.31. The highest BCUT2D eigenvalue weighted by Crippen LogP contribution is 2.44. The molecule has 26 heavy (non-hydrogen) atoms. The maximum atomic E-state index is 6.03. The summed E-state index contributed by atoms with van der Waals surface area (Å²) in [5, 5.41) is 8.05. The molecule has 136 valence electrons. The van der Waals surface area contributed by atoms with Gasteiger partial charge in [0.2, 0.25) is 11.7 Å². The number of hydrogen-bond donors (Lipinski definition) is 0. The van der Waals surface area contributed by atoms with Gasteiger partial charge in [-0.1, -0.05) is 31.1 Å². The zero-order chi connectivity index (χ0) is 18.3. The van der Waals surface area contributed by atoms with Crippen molar-refractivity contribution in [1.82, 2.24) is 20.3 Å². The Morgan fingerprint density at radius 3 is 2.58 bits per heavy atom. The summed E-state index contributed by atoms with van der Waals surface area (Å²) in [6, 6.07) is 3.76. The van der Waals surface area contributed by atoms with Crippen LogP contribution in [0.25, 0.3) is 11.5 Å². The number of nitrogens with zero attached hydrogens (tertiary/aromatic N) is 4. The highest BCUT2D eigenvalue weighted by atomic mass is 16.5. The first-order chi connectivity index (χ1) is 12.4. The minimum absolute atomic E-state index is 0.205. The van der Waals surface area contributed by atoms with Crippen molar-refractivity contribution in [2.45, 2.75) is 58.5 Å². The first kappa shape index (κ1) is 16.8. The average molecular weight is 354 g/mol. The van der Waals surface area contributed by atoms with Crippen LogP contribution < -0.4 is 4.74 Å². The maximum Gasteiger partial charge on any atom is 0.232 e. The molecule has 1 saturated carbocycles. The van der Waals surface area contributed by atoms with Crippen LogP contribution in [0.5, 0.6) is 5.75 Å². The minimum Gasteiger partial charge on any atom is -0.487 e. The Balaban J connectivity index is 1.61. The Hall–Kier alpha value is -2.70. The third-order valence-electron chi connectivity index (χ3n) is 4.26. The van der Waals surface area contributed by atoms with E-state index in [1.165, 1.54) is 0 Å². The van der Waals surface area contributed by atoms with Crippen LogP contribution in [0.3, 0.4) is 0 Å². The molecular weight excluding hydrogens is 332 g/mol. The lowest BCUT2D eigenvalue weighted by Gasteiger charge is -2.11. The highest BCUT2D eigenvalue weighted by Gasteiger charge is 2.29. The topological polar surface area (TPSA) is 87.1 Å².